The lowest BCUT2D eigenvalue weighted by Gasteiger charge is -2.40. The summed E-state index contributed by atoms with van der Waals surface area (Å²) in [5.74, 6) is 0.470. The summed E-state index contributed by atoms with van der Waals surface area (Å²) in [5, 5.41) is 5.46. The number of rotatable bonds is 6. The molecule has 0 bridgehead atoms. The van der Waals surface area contributed by atoms with Gasteiger partial charge in [0.05, 0.1) is 6.61 Å². The molecule has 172 valence electrons. The molecule has 0 aromatic heterocycles. The molecular formula is C27H36N2O3. The lowest BCUT2D eigenvalue weighted by atomic mass is 9.87. The molecule has 0 radical (unpaired) electrons. The fraction of sp³-hybridized carbons (Fsp3) is 0.556. The SMILES string of the molecule is CCOC(=O)[C@@H]1C[C@H](NC(=O)c2ccc3ccccc3c2C)CCN1CC1CCCCC1. The van der Waals surface area contributed by atoms with Gasteiger partial charge in [-0.3, -0.25) is 14.5 Å². The summed E-state index contributed by atoms with van der Waals surface area (Å²) in [5.41, 5.74) is 1.71. The van der Waals surface area contributed by atoms with Crippen molar-refractivity contribution in [3.05, 3.63) is 47.5 Å². The van der Waals surface area contributed by atoms with Crippen LogP contribution in [-0.2, 0) is 9.53 Å². The summed E-state index contributed by atoms with van der Waals surface area (Å²) < 4.78 is 5.41. The van der Waals surface area contributed by atoms with Gasteiger partial charge in [-0.15, -0.1) is 0 Å². The number of hydrogen-bond acceptors (Lipinski definition) is 4. The van der Waals surface area contributed by atoms with Gasteiger partial charge in [0.15, 0.2) is 0 Å². The quantitative estimate of drug-likeness (QED) is 0.658. The van der Waals surface area contributed by atoms with Crippen LogP contribution < -0.4 is 5.32 Å². The average Bonchev–Trinajstić information content (AvgIpc) is 2.81. The summed E-state index contributed by atoms with van der Waals surface area (Å²) in [6, 6.07) is 11.8. The molecular weight excluding hydrogens is 400 g/mol. The highest BCUT2D eigenvalue weighted by molar-refractivity contribution is 6.01. The van der Waals surface area contributed by atoms with Crippen molar-refractivity contribution < 1.29 is 14.3 Å². The van der Waals surface area contributed by atoms with Crippen LogP contribution in [0.3, 0.4) is 0 Å². The van der Waals surface area contributed by atoms with E-state index in [0.29, 0.717) is 24.5 Å². The van der Waals surface area contributed by atoms with Crippen LogP contribution in [-0.4, -0.2) is 48.6 Å². The summed E-state index contributed by atoms with van der Waals surface area (Å²) in [4.78, 5) is 28.2. The Morgan fingerprint density at radius 1 is 1.06 bits per heavy atom. The number of piperidine rings is 1. The van der Waals surface area contributed by atoms with Crippen LogP contribution in [0.25, 0.3) is 10.8 Å². The number of nitrogens with one attached hydrogen (secondary N) is 1. The van der Waals surface area contributed by atoms with Gasteiger partial charge in [0.2, 0.25) is 0 Å². The Morgan fingerprint density at radius 3 is 2.62 bits per heavy atom. The fourth-order valence-corrected chi connectivity index (χ4v) is 5.48. The van der Waals surface area contributed by atoms with Crippen molar-refractivity contribution in [3.8, 4) is 0 Å². The molecule has 2 aromatic rings. The first-order chi connectivity index (χ1) is 15.6. The molecule has 5 nitrogen and oxygen atoms in total. The molecule has 1 saturated carbocycles. The highest BCUT2D eigenvalue weighted by Crippen LogP contribution is 2.28. The van der Waals surface area contributed by atoms with Crippen LogP contribution in [0, 0.1) is 12.8 Å². The van der Waals surface area contributed by atoms with Crippen LogP contribution in [0.4, 0.5) is 0 Å². The van der Waals surface area contributed by atoms with Crippen LogP contribution in [0.2, 0.25) is 0 Å². The second-order valence-electron chi connectivity index (χ2n) is 9.42. The first-order valence-electron chi connectivity index (χ1n) is 12.3. The number of nitrogens with zero attached hydrogens (tertiary/aromatic N) is 1. The normalized spacial score (nSPS) is 22.6. The van der Waals surface area contributed by atoms with Crippen LogP contribution in [0.15, 0.2) is 36.4 Å². The van der Waals surface area contributed by atoms with E-state index in [-0.39, 0.29) is 24.0 Å². The van der Waals surface area contributed by atoms with Crippen LogP contribution >= 0.6 is 0 Å². The minimum atomic E-state index is -0.270. The van der Waals surface area contributed by atoms with Crippen molar-refractivity contribution in [2.45, 2.75) is 70.9 Å². The standard InChI is InChI=1S/C27H36N2O3/c1-3-32-27(31)25-17-22(15-16-29(25)18-20-9-5-4-6-10-20)28-26(30)24-14-13-21-11-7-8-12-23(21)19(24)2/h7-8,11-14,20,22,25H,3-6,9-10,15-18H2,1-2H3,(H,28,30)/t22-,25+/m1/s1. The first-order valence-corrected chi connectivity index (χ1v) is 12.3. The van der Waals surface area contributed by atoms with Crippen molar-refractivity contribution in [2.24, 2.45) is 5.92 Å². The third kappa shape index (κ3) is 5.15. The highest BCUT2D eigenvalue weighted by atomic mass is 16.5. The van der Waals surface area contributed by atoms with Gasteiger partial charge in [0.25, 0.3) is 5.91 Å². The van der Waals surface area contributed by atoms with Crippen molar-refractivity contribution in [1.82, 2.24) is 10.2 Å². The maximum Gasteiger partial charge on any atom is 0.323 e. The van der Waals surface area contributed by atoms with Gasteiger partial charge < -0.3 is 10.1 Å². The topological polar surface area (TPSA) is 58.6 Å². The second kappa shape index (κ2) is 10.5. The second-order valence-corrected chi connectivity index (χ2v) is 9.42. The van der Waals surface area contributed by atoms with Gasteiger partial charge >= 0.3 is 5.97 Å². The molecule has 2 aliphatic rings. The lowest BCUT2D eigenvalue weighted by Crippen LogP contribution is -2.54. The third-order valence-electron chi connectivity index (χ3n) is 7.27. The number of ether oxygens (including phenoxy) is 1. The number of hydrogen-bond donors (Lipinski definition) is 1. The highest BCUT2D eigenvalue weighted by Gasteiger charge is 2.36. The van der Waals surface area contributed by atoms with Gasteiger partial charge in [0, 0.05) is 24.7 Å². The van der Waals surface area contributed by atoms with Crippen molar-refractivity contribution >= 4 is 22.6 Å². The zero-order chi connectivity index (χ0) is 22.5. The summed E-state index contributed by atoms with van der Waals surface area (Å²) >= 11 is 0. The first kappa shape index (κ1) is 22.8. The van der Waals surface area contributed by atoms with Gasteiger partial charge in [-0.05, 0) is 67.9 Å². The molecule has 4 rings (SSSR count). The minimum Gasteiger partial charge on any atom is -0.465 e. The maximum absolute atomic E-state index is 13.1. The smallest absolute Gasteiger partial charge is 0.323 e. The number of amides is 1. The molecule has 32 heavy (non-hydrogen) atoms. The average molecular weight is 437 g/mol. The fourth-order valence-electron chi connectivity index (χ4n) is 5.48. The summed E-state index contributed by atoms with van der Waals surface area (Å²) in [7, 11) is 0. The molecule has 1 aliphatic carbocycles. The number of carbonyl (C=O) groups is 2. The molecule has 0 unspecified atom stereocenters. The monoisotopic (exact) mass is 436 g/mol. The molecule has 5 heteroatoms. The largest absolute Gasteiger partial charge is 0.465 e. The lowest BCUT2D eigenvalue weighted by molar-refractivity contribution is -0.151. The molecule has 2 fully saturated rings. The Bertz CT molecular complexity index is 951. The molecule has 1 heterocycles. The Hall–Kier alpha value is -2.40. The number of likely N-dealkylation sites (tertiary alicyclic amines) is 1. The number of fused-ring (bicyclic) bond motifs is 1. The van der Waals surface area contributed by atoms with E-state index in [2.05, 4.69) is 22.3 Å². The number of aryl methyl sites for hydroxylation is 1. The molecule has 1 amide bonds. The minimum absolute atomic E-state index is 0.0228. The molecule has 1 aliphatic heterocycles. The molecule has 0 spiro atoms. The zero-order valence-electron chi connectivity index (χ0n) is 19.4. The third-order valence-corrected chi connectivity index (χ3v) is 7.27. The predicted molar refractivity (Wildman–Crippen MR) is 128 cm³/mol. The maximum atomic E-state index is 13.1. The zero-order valence-corrected chi connectivity index (χ0v) is 19.4. The molecule has 2 atom stereocenters. The number of benzene rings is 2. The van der Waals surface area contributed by atoms with E-state index in [1.54, 1.807) is 0 Å². The van der Waals surface area contributed by atoms with Gasteiger partial charge in [-0.1, -0.05) is 49.6 Å². The Balaban J connectivity index is 1.44. The van der Waals surface area contributed by atoms with E-state index in [4.69, 9.17) is 4.74 Å². The van der Waals surface area contributed by atoms with E-state index in [1.807, 2.05) is 38.1 Å². The van der Waals surface area contributed by atoms with Gasteiger partial charge in [0.1, 0.15) is 6.04 Å². The predicted octanol–water partition coefficient (Wildman–Crippen LogP) is 4.85. The van der Waals surface area contributed by atoms with Gasteiger partial charge in [-0.2, -0.15) is 0 Å². The van der Waals surface area contributed by atoms with E-state index in [9.17, 15) is 9.59 Å². The van der Waals surface area contributed by atoms with Crippen LogP contribution in [0.5, 0.6) is 0 Å². The number of carbonyl (C=O) groups excluding carboxylic acids is 2. The van der Waals surface area contributed by atoms with Crippen LogP contribution in [0.1, 0.15) is 67.8 Å². The number of esters is 1. The van der Waals surface area contributed by atoms with Crippen molar-refractivity contribution in [1.29, 1.82) is 0 Å². The van der Waals surface area contributed by atoms with E-state index in [1.165, 1.54) is 32.1 Å². The molecule has 1 N–H and O–H groups in total. The van der Waals surface area contributed by atoms with Crippen molar-refractivity contribution in [3.63, 3.8) is 0 Å². The van der Waals surface area contributed by atoms with Crippen molar-refractivity contribution in [2.75, 3.05) is 19.7 Å². The van der Waals surface area contributed by atoms with E-state index in [0.717, 1.165) is 35.8 Å². The van der Waals surface area contributed by atoms with Gasteiger partial charge in [-0.25, -0.2) is 0 Å². The Morgan fingerprint density at radius 2 is 1.84 bits per heavy atom. The summed E-state index contributed by atoms with van der Waals surface area (Å²) in [6.45, 7) is 6.04. The summed E-state index contributed by atoms with van der Waals surface area (Å²) in [6.07, 6.45) is 7.92. The van der Waals surface area contributed by atoms with E-state index < -0.39 is 0 Å². The van der Waals surface area contributed by atoms with E-state index >= 15 is 0 Å². The Labute approximate surface area is 191 Å². The Kier molecular flexibility index (Phi) is 7.46. The molecule has 2 aromatic carbocycles. The molecule has 1 saturated heterocycles.